The third-order valence-electron chi connectivity index (χ3n) is 2.66. The first-order valence-corrected chi connectivity index (χ1v) is 6.45. The highest BCUT2D eigenvalue weighted by molar-refractivity contribution is 8.14. The van der Waals surface area contributed by atoms with Crippen LogP contribution in [0.2, 0.25) is 0 Å². The highest BCUT2D eigenvalue weighted by Gasteiger charge is 2.41. The van der Waals surface area contributed by atoms with Crippen LogP contribution in [0.15, 0.2) is 4.99 Å². The van der Waals surface area contributed by atoms with Crippen molar-refractivity contribution < 1.29 is 9.59 Å². The van der Waals surface area contributed by atoms with Gasteiger partial charge in [0.2, 0.25) is 11.8 Å². The summed E-state index contributed by atoms with van der Waals surface area (Å²) in [5.74, 6) is -0.706. The van der Waals surface area contributed by atoms with Crippen molar-refractivity contribution in [2.24, 2.45) is 16.5 Å². The first-order valence-electron chi connectivity index (χ1n) is 5.57. The summed E-state index contributed by atoms with van der Waals surface area (Å²) in [7, 11) is 0. The van der Waals surface area contributed by atoms with E-state index in [1.807, 2.05) is 13.8 Å². The summed E-state index contributed by atoms with van der Waals surface area (Å²) in [6.45, 7) is 3.73. The number of thioether (sulfide) groups is 1. The van der Waals surface area contributed by atoms with Crippen LogP contribution in [0.25, 0.3) is 0 Å². The average Bonchev–Trinajstić information content (AvgIpc) is 2.52. The summed E-state index contributed by atoms with van der Waals surface area (Å²) in [6.07, 6.45) is 0.802. The molecule has 2 unspecified atom stereocenters. The first-order chi connectivity index (χ1) is 8.36. The maximum atomic E-state index is 12.0. The normalized spacial score (nSPS) is 21.0. The number of hydrogen-bond donors (Lipinski definition) is 3. The molecule has 0 aromatic heterocycles. The van der Waals surface area contributed by atoms with Crippen molar-refractivity contribution >= 4 is 34.7 Å². The van der Waals surface area contributed by atoms with Crippen LogP contribution in [0.3, 0.4) is 0 Å². The molecule has 0 aromatic rings. The smallest absolute Gasteiger partial charge is 0.243 e. The molecule has 1 heterocycles. The zero-order valence-corrected chi connectivity index (χ0v) is 11.2. The molecule has 0 saturated carbocycles. The quantitative estimate of drug-likeness (QED) is 0.374. The highest BCUT2D eigenvalue weighted by Crippen LogP contribution is 2.28. The summed E-state index contributed by atoms with van der Waals surface area (Å²) in [5, 5.41) is 6.74. The number of rotatable bonds is 3. The van der Waals surface area contributed by atoms with E-state index in [2.05, 4.69) is 4.99 Å². The predicted octanol–water partition coefficient (Wildman–Crippen LogP) is -0.146. The van der Waals surface area contributed by atoms with Gasteiger partial charge in [0.1, 0.15) is 5.25 Å². The van der Waals surface area contributed by atoms with Gasteiger partial charge >= 0.3 is 0 Å². The number of nitrogens with two attached hydrogens (primary N) is 2. The second-order valence-electron chi connectivity index (χ2n) is 4.01. The van der Waals surface area contributed by atoms with Crippen LogP contribution in [0.4, 0.5) is 0 Å². The Morgan fingerprint density at radius 1 is 1.61 bits per heavy atom. The van der Waals surface area contributed by atoms with Gasteiger partial charge in [-0.1, -0.05) is 18.7 Å². The van der Waals surface area contributed by atoms with Gasteiger partial charge in [0.15, 0.2) is 11.1 Å². The Morgan fingerprint density at radius 3 is 2.72 bits per heavy atom. The minimum absolute atomic E-state index is 0.0935. The minimum Gasteiger partial charge on any atom is -0.370 e. The molecule has 7 nitrogen and oxygen atoms in total. The third-order valence-corrected chi connectivity index (χ3v) is 3.63. The van der Waals surface area contributed by atoms with Crippen molar-refractivity contribution in [1.82, 2.24) is 4.90 Å². The molecule has 0 aromatic carbocycles. The fourth-order valence-corrected chi connectivity index (χ4v) is 2.51. The molecule has 1 rings (SSSR count). The Balaban J connectivity index is 2.72. The van der Waals surface area contributed by atoms with Crippen molar-refractivity contribution in [3.63, 3.8) is 0 Å². The molecule has 1 fully saturated rings. The first kappa shape index (κ1) is 14.5. The fraction of sp³-hybridized carbons (Fsp3) is 0.600. The number of imide groups is 1. The van der Waals surface area contributed by atoms with Crippen molar-refractivity contribution in [1.29, 1.82) is 5.41 Å². The number of amidine groups is 1. The number of carbonyl (C=O) groups is 2. The van der Waals surface area contributed by atoms with Crippen LogP contribution in [0.1, 0.15) is 26.7 Å². The van der Waals surface area contributed by atoms with E-state index in [1.54, 1.807) is 0 Å². The summed E-state index contributed by atoms with van der Waals surface area (Å²) < 4.78 is 0. The molecule has 0 bridgehead atoms. The molecule has 100 valence electrons. The monoisotopic (exact) mass is 271 g/mol. The van der Waals surface area contributed by atoms with E-state index in [4.69, 9.17) is 16.9 Å². The lowest BCUT2D eigenvalue weighted by Gasteiger charge is -2.21. The molecule has 0 aliphatic carbocycles. The van der Waals surface area contributed by atoms with E-state index in [0.717, 1.165) is 11.8 Å². The van der Waals surface area contributed by atoms with Gasteiger partial charge in [0.25, 0.3) is 0 Å². The molecule has 0 radical (unpaired) electrons. The molecular weight excluding hydrogens is 254 g/mol. The summed E-state index contributed by atoms with van der Waals surface area (Å²) in [4.78, 5) is 28.5. The number of hydrogen-bond acceptors (Lipinski definition) is 4. The number of aliphatic imine (C=N–C) groups is 1. The van der Waals surface area contributed by atoms with Gasteiger partial charge in [0, 0.05) is 12.5 Å². The van der Waals surface area contributed by atoms with Gasteiger partial charge in [0.05, 0.1) is 0 Å². The summed E-state index contributed by atoms with van der Waals surface area (Å²) >= 11 is 0.903. The largest absolute Gasteiger partial charge is 0.370 e. The van der Waals surface area contributed by atoms with Gasteiger partial charge in [-0.2, -0.15) is 4.99 Å². The second kappa shape index (κ2) is 5.85. The Labute approximate surface area is 109 Å². The zero-order valence-electron chi connectivity index (χ0n) is 10.3. The zero-order chi connectivity index (χ0) is 13.9. The Morgan fingerprint density at radius 2 is 2.22 bits per heavy atom. The number of nitrogens with one attached hydrogen (secondary N) is 1. The maximum Gasteiger partial charge on any atom is 0.243 e. The molecule has 1 saturated heterocycles. The predicted molar refractivity (Wildman–Crippen MR) is 71.1 cm³/mol. The minimum atomic E-state index is -0.595. The molecular formula is C10H17N5O2S. The molecule has 2 atom stereocenters. The lowest BCUT2D eigenvalue weighted by atomic mass is 10.2. The van der Waals surface area contributed by atoms with Gasteiger partial charge < -0.3 is 11.5 Å². The highest BCUT2D eigenvalue weighted by atomic mass is 32.2. The molecule has 1 aliphatic heterocycles. The Hall–Kier alpha value is -1.57. The van der Waals surface area contributed by atoms with Crippen LogP contribution < -0.4 is 11.5 Å². The number of likely N-dealkylation sites (tertiary alicyclic amines) is 1. The molecule has 0 spiro atoms. The van der Waals surface area contributed by atoms with Crippen LogP contribution >= 0.6 is 11.8 Å². The van der Waals surface area contributed by atoms with E-state index in [9.17, 15) is 9.59 Å². The molecule has 2 amide bonds. The van der Waals surface area contributed by atoms with Crippen LogP contribution in [-0.2, 0) is 9.59 Å². The molecule has 1 aliphatic rings. The van der Waals surface area contributed by atoms with Crippen molar-refractivity contribution in [2.45, 2.75) is 38.0 Å². The summed E-state index contributed by atoms with van der Waals surface area (Å²) in [5.41, 5.74) is 10.3. The Bertz CT molecular complexity index is 405. The summed E-state index contributed by atoms with van der Waals surface area (Å²) in [6, 6.07) is -0.118. The van der Waals surface area contributed by atoms with Crippen molar-refractivity contribution in [2.75, 3.05) is 0 Å². The number of amides is 2. The van der Waals surface area contributed by atoms with Gasteiger partial charge in [-0.3, -0.25) is 19.9 Å². The van der Waals surface area contributed by atoms with Crippen LogP contribution in [0, 0.1) is 5.41 Å². The topological polar surface area (TPSA) is 126 Å². The van der Waals surface area contributed by atoms with Gasteiger partial charge in [-0.25, -0.2) is 0 Å². The number of nitrogens with zero attached hydrogens (tertiary/aromatic N) is 2. The van der Waals surface area contributed by atoms with Crippen LogP contribution in [0.5, 0.6) is 0 Å². The average molecular weight is 271 g/mol. The lowest BCUT2D eigenvalue weighted by molar-refractivity contribution is -0.140. The SMILES string of the molecule is CCC(C)N1C(=O)CC(SC(=N)N=C(N)N)C1=O. The molecule has 18 heavy (non-hydrogen) atoms. The van der Waals surface area contributed by atoms with Crippen molar-refractivity contribution in [3.8, 4) is 0 Å². The molecule has 5 N–H and O–H groups in total. The molecule has 8 heteroatoms. The fourth-order valence-electron chi connectivity index (χ4n) is 1.64. The van der Waals surface area contributed by atoms with E-state index in [1.165, 1.54) is 4.90 Å². The standard InChI is InChI=1S/C10H17N5O2S/c1-3-5(2)15-7(16)4-6(8(15)17)18-10(13)14-9(11)12/h5-6H,3-4H2,1-2H3,(H5,11,12,13,14). The second-order valence-corrected chi connectivity index (χ2v) is 5.20. The number of carbonyl (C=O) groups excluding carboxylic acids is 2. The Kier molecular flexibility index (Phi) is 4.71. The van der Waals surface area contributed by atoms with Gasteiger partial charge in [-0.15, -0.1) is 0 Å². The van der Waals surface area contributed by atoms with E-state index < -0.39 is 5.25 Å². The van der Waals surface area contributed by atoms with E-state index >= 15 is 0 Å². The van der Waals surface area contributed by atoms with E-state index in [-0.39, 0.29) is 35.4 Å². The third kappa shape index (κ3) is 3.22. The van der Waals surface area contributed by atoms with E-state index in [0.29, 0.717) is 6.42 Å². The number of guanidine groups is 1. The van der Waals surface area contributed by atoms with Crippen LogP contribution in [-0.4, -0.2) is 39.1 Å². The van der Waals surface area contributed by atoms with Crippen molar-refractivity contribution in [3.05, 3.63) is 0 Å². The maximum absolute atomic E-state index is 12.0. The lowest BCUT2D eigenvalue weighted by Crippen LogP contribution is -2.38. The van der Waals surface area contributed by atoms with Gasteiger partial charge in [-0.05, 0) is 13.3 Å².